The molecule has 2 nitrogen and oxygen atoms in total. The second-order valence-corrected chi connectivity index (χ2v) is 8.06. The summed E-state index contributed by atoms with van der Waals surface area (Å²) in [5.74, 6) is 1.04. The Hall–Kier alpha value is -1.00. The van der Waals surface area contributed by atoms with Crippen LogP contribution in [0.4, 0.5) is 8.78 Å². The number of hydrogen-bond donors (Lipinski definition) is 0. The molecule has 4 saturated heterocycles. The van der Waals surface area contributed by atoms with Crippen LogP contribution in [0.1, 0.15) is 37.2 Å². The highest BCUT2D eigenvalue weighted by molar-refractivity contribution is 5.28. The van der Waals surface area contributed by atoms with Crippen molar-refractivity contribution < 1.29 is 8.78 Å². The normalized spacial score (nSPS) is 39.7. The van der Waals surface area contributed by atoms with Gasteiger partial charge in [-0.3, -0.25) is 9.80 Å². The van der Waals surface area contributed by atoms with Crippen LogP contribution in [0, 0.1) is 23.5 Å². The van der Waals surface area contributed by atoms with E-state index >= 15 is 0 Å². The van der Waals surface area contributed by atoms with Gasteiger partial charge in [-0.15, -0.1) is 0 Å². The summed E-state index contributed by atoms with van der Waals surface area (Å²) in [5.41, 5.74) is 0.864. The van der Waals surface area contributed by atoms with Gasteiger partial charge in [-0.05, 0) is 68.3 Å². The maximum absolute atomic E-state index is 13.7. The molecule has 4 heterocycles. The van der Waals surface area contributed by atoms with Crippen LogP contribution in [0.5, 0.6) is 0 Å². The number of benzene rings is 1. The molecule has 0 spiro atoms. The number of halogens is 2. The molecule has 4 aliphatic heterocycles. The molecular formula is C19H24F2N2. The van der Waals surface area contributed by atoms with Crippen LogP contribution < -0.4 is 0 Å². The first-order valence-electron chi connectivity index (χ1n) is 9.13. The summed E-state index contributed by atoms with van der Waals surface area (Å²) in [4.78, 5) is 5.27. The minimum Gasteiger partial charge on any atom is -0.298 e. The first kappa shape index (κ1) is 14.4. The zero-order valence-corrected chi connectivity index (χ0v) is 13.4. The van der Waals surface area contributed by atoms with Gasteiger partial charge in [0.15, 0.2) is 0 Å². The highest BCUT2D eigenvalue weighted by atomic mass is 19.1. The summed E-state index contributed by atoms with van der Waals surface area (Å²) in [6.07, 6.45) is 5.32. The topological polar surface area (TPSA) is 6.48 Å². The Balaban J connectivity index is 1.50. The number of piperidine rings is 3. The van der Waals surface area contributed by atoms with Crippen molar-refractivity contribution in [2.75, 3.05) is 26.2 Å². The van der Waals surface area contributed by atoms with E-state index in [9.17, 15) is 8.78 Å². The molecule has 1 saturated carbocycles. The Bertz CT molecular complexity index is 587. The maximum atomic E-state index is 13.7. The van der Waals surface area contributed by atoms with Crippen molar-refractivity contribution >= 4 is 0 Å². The fourth-order valence-corrected chi connectivity index (χ4v) is 5.46. The van der Waals surface area contributed by atoms with Gasteiger partial charge in [0.2, 0.25) is 0 Å². The summed E-state index contributed by atoms with van der Waals surface area (Å²) < 4.78 is 27.5. The summed E-state index contributed by atoms with van der Waals surface area (Å²) >= 11 is 0. The van der Waals surface area contributed by atoms with Crippen molar-refractivity contribution in [3.05, 3.63) is 35.4 Å². The first-order chi connectivity index (χ1) is 11.2. The Morgan fingerprint density at radius 2 is 1.61 bits per heavy atom. The van der Waals surface area contributed by atoms with Crippen LogP contribution in [-0.2, 0) is 0 Å². The van der Waals surface area contributed by atoms with Gasteiger partial charge < -0.3 is 0 Å². The third-order valence-corrected chi connectivity index (χ3v) is 6.60. The molecule has 3 atom stereocenters. The average molecular weight is 318 g/mol. The van der Waals surface area contributed by atoms with Crippen LogP contribution in [0.2, 0.25) is 0 Å². The molecule has 0 N–H and O–H groups in total. The zero-order chi connectivity index (χ0) is 15.6. The minimum absolute atomic E-state index is 0.257. The van der Waals surface area contributed by atoms with Crippen LogP contribution in [0.25, 0.3) is 0 Å². The van der Waals surface area contributed by atoms with E-state index in [2.05, 4.69) is 9.80 Å². The molecule has 1 aliphatic carbocycles. The third kappa shape index (κ3) is 2.42. The van der Waals surface area contributed by atoms with Gasteiger partial charge in [0.25, 0.3) is 0 Å². The van der Waals surface area contributed by atoms with E-state index in [4.69, 9.17) is 0 Å². The van der Waals surface area contributed by atoms with Crippen LogP contribution in [0.15, 0.2) is 18.2 Å². The number of hydrogen-bond acceptors (Lipinski definition) is 2. The Morgan fingerprint density at radius 3 is 2.26 bits per heavy atom. The summed E-state index contributed by atoms with van der Waals surface area (Å²) in [6.45, 7) is 4.50. The van der Waals surface area contributed by atoms with Gasteiger partial charge in [0.05, 0.1) is 0 Å². The van der Waals surface area contributed by atoms with Crippen molar-refractivity contribution in [3.63, 3.8) is 0 Å². The van der Waals surface area contributed by atoms with Gasteiger partial charge in [-0.25, -0.2) is 8.78 Å². The third-order valence-electron chi connectivity index (χ3n) is 6.60. The molecular weight excluding hydrogens is 294 g/mol. The van der Waals surface area contributed by atoms with E-state index in [0.717, 1.165) is 43.1 Å². The van der Waals surface area contributed by atoms with E-state index in [1.165, 1.54) is 32.2 Å². The summed E-state index contributed by atoms with van der Waals surface area (Å²) in [6, 6.07) is 5.19. The minimum atomic E-state index is -0.437. The Kier molecular flexibility index (Phi) is 3.28. The molecule has 0 radical (unpaired) electrons. The Morgan fingerprint density at radius 1 is 0.913 bits per heavy atom. The second-order valence-electron chi connectivity index (χ2n) is 8.06. The molecule has 5 aliphatic rings. The smallest absolute Gasteiger partial charge is 0.126 e. The van der Waals surface area contributed by atoms with Crippen molar-refractivity contribution in [1.29, 1.82) is 0 Å². The molecule has 0 unspecified atom stereocenters. The molecule has 23 heavy (non-hydrogen) atoms. The summed E-state index contributed by atoms with van der Waals surface area (Å²) in [7, 11) is 0. The first-order valence-corrected chi connectivity index (χ1v) is 9.13. The lowest BCUT2D eigenvalue weighted by atomic mass is 9.75. The van der Waals surface area contributed by atoms with Crippen LogP contribution >= 0.6 is 0 Å². The van der Waals surface area contributed by atoms with Crippen LogP contribution in [-0.4, -0.2) is 48.1 Å². The van der Waals surface area contributed by atoms with E-state index in [0.29, 0.717) is 12.1 Å². The van der Waals surface area contributed by atoms with Crippen molar-refractivity contribution in [2.24, 2.45) is 11.8 Å². The van der Waals surface area contributed by atoms with Gasteiger partial charge in [0, 0.05) is 37.2 Å². The molecule has 0 amide bonds. The lowest BCUT2D eigenvalue weighted by Crippen LogP contribution is -2.60. The average Bonchev–Trinajstić information content (AvgIpc) is 3.26. The number of nitrogens with zero attached hydrogens (tertiary/aromatic N) is 2. The zero-order valence-electron chi connectivity index (χ0n) is 13.4. The summed E-state index contributed by atoms with van der Waals surface area (Å²) in [5, 5.41) is 0. The molecule has 1 aromatic rings. The molecule has 1 aromatic carbocycles. The second kappa shape index (κ2) is 5.25. The monoisotopic (exact) mass is 318 g/mol. The SMILES string of the molecule is Fc1cc(F)cc([C@H]2CN(CC3CC3)[C@@H]3C4CCN(CC4)[C@H]23)c1. The highest BCUT2D eigenvalue weighted by Crippen LogP contribution is 2.47. The van der Waals surface area contributed by atoms with Crippen molar-refractivity contribution in [2.45, 2.75) is 43.7 Å². The standard InChI is InChI=1S/C19H24F2N2/c20-15-7-14(8-16(21)9-15)17-11-23(10-12-1-2-12)18-13-3-5-22(6-4-13)19(17)18/h7-9,12-13,17-19H,1-6,10-11H2/t17-,18-,19-/m1/s1. The molecule has 2 bridgehead atoms. The van der Waals surface area contributed by atoms with Gasteiger partial charge >= 0.3 is 0 Å². The maximum Gasteiger partial charge on any atom is 0.126 e. The molecule has 0 aromatic heterocycles. The van der Waals surface area contributed by atoms with E-state index < -0.39 is 11.6 Å². The van der Waals surface area contributed by atoms with Crippen molar-refractivity contribution in [3.8, 4) is 0 Å². The molecule has 5 fully saturated rings. The van der Waals surface area contributed by atoms with Gasteiger partial charge in [0.1, 0.15) is 11.6 Å². The van der Waals surface area contributed by atoms with E-state index in [1.54, 1.807) is 12.1 Å². The molecule has 4 heteroatoms. The largest absolute Gasteiger partial charge is 0.298 e. The predicted octanol–water partition coefficient (Wildman–Crippen LogP) is 3.24. The fourth-order valence-electron chi connectivity index (χ4n) is 5.46. The fraction of sp³-hybridized carbons (Fsp3) is 0.684. The van der Waals surface area contributed by atoms with Gasteiger partial charge in [-0.2, -0.15) is 0 Å². The van der Waals surface area contributed by atoms with E-state index in [-0.39, 0.29) is 5.92 Å². The number of rotatable bonds is 3. The van der Waals surface area contributed by atoms with Gasteiger partial charge in [-0.1, -0.05) is 0 Å². The van der Waals surface area contributed by atoms with E-state index in [1.807, 2.05) is 0 Å². The predicted molar refractivity (Wildman–Crippen MR) is 85.3 cm³/mol. The molecule has 6 rings (SSSR count). The van der Waals surface area contributed by atoms with Crippen LogP contribution in [0.3, 0.4) is 0 Å². The quantitative estimate of drug-likeness (QED) is 0.844. The molecule has 124 valence electrons. The highest BCUT2D eigenvalue weighted by Gasteiger charge is 2.53. The lowest BCUT2D eigenvalue weighted by molar-refractivity contribution is -0.00759. The Labute approximate surface area is 136 Å². The van der Waals surface area contributed by atoms with Crippen molar-refractivity contribution in [1.82, 2.24) is 9.80 Å². The lowest BCUT2D eigenvalue weighted by Gasteiger charge is -2.51. The number of fused-ring (bicyclic) bond motifs is 2. The number of likely N-dealkylation sites (tertiary alicyclic amines) is 1.